The number of carbonyl (C=O) groups is 1. The molecule has 1 aliphatic heterocycles. The van der Waals surface area contributed by atoms with Crippen molar-refractivity contribution in [2.24, 2.45) is 0 Å². The van der Waals surface area contributed by atoms with Gasteiger partial charge in [0.05, 0.1) is 12.5 Å². The van der Waals surface area contributed by atoms with Gasteiger partial charge < -0.3 is 5.11 Å². The Bertz CT molecular complexity index is 412. The number of carboxylic acids is 1. The number of hydrogen-bond donors (Lipinski definition) is 1. The van der Waals surface area contributed by atoms with Crippen molar-refractivity contribution >= 4 is 16.0 Å². The van der Waals surface area contributed by atoms with Crippen molar-refractivity contribution in [3.63, 3.8) is 0 Å². The fourth-order valence-corrected chi connectivity index (χ4v) is 3.34. The molecule has 0 spiro atoms. The van der Waals surface area contributed by atoms with Gasteiger partial charge in [-0.25, -0.2) is 8.42 Å². The minimum absolute atomic E-state index is 0.197. The lowest BCUT2D eigenvalue weighted by Gasteiger charge is -2.23. The second kappa shape index (κ2) is 4.80. The normalized spacial score (nSPS) is 23.9. The van der Waals surface area contributed by atoms with Gasteiger partial charge in [0.1, 0.15) is 0 Å². The van der Waals surface area contributed by atoms with Crippen molar-refractivity contribution in [1.29, 1.82) is 5.26 Å². The number of aliphatic carboxylic acids is 1. The number of nitrogens with zero attached hydrogens (tertiary/aromatic N) is 2. The molecule has 1 saturated heterocycles. The van der Waals surface area contributed by atoms with Crippen LogP contribution in [0.15, 0.2) is 0 Å². The molecule has 6 nitrogen and oxygen atoms in total. The lowest BCUT2D eigenvalue weighted by molar-refractivity contribution is -0.137. The van der Waals surface area contributed by atoms with Crippen LogP contribution in [0.5, 0.6) is 0 Å². The second-order valence-electron chi connectivity index (χ2n) is 3.82. The Hall–Kier alpha value is -1.13. The molecule has 1 fully saturated rings. The van der Waals surface area contributed by atoms with E-state index in [0.717, 1.165) is 4.31 Å². The first-order chi connectivity index (χ1) is 7.39. The third-order valence-corrected chi connectivity index (χ3v) is 4.82. The summed E-state index contributed by atoms with van der Waals surface area (Å²) in [4.78, 5) is 10.6. The number of nitriles is 1. The molecule has 90 valence electrons. The molecule has 0 aliphatic carbocycles. The number of carboxylic acid groups (broad SMARTS) is 1. The molecular formula is C9H14N2O4S. The largest absolute Gasteiger partial charge is 0.481 e. The molecule has 1 heterocycles. The summed E-state index contributed by atoms with van der Waals surface area (Å²) in [7, 11) is -3.67. The van der Waals surface area contributed by atoms with Gasteiger partial charge in [-0.15, -0.1) is 0 Å². The molecule has 1 aliphatic rings. The summed E-state index contributed by atoms with van der Waals surface area (Å²) in [6, 6.07) is 1.18. The Morgan fingerprint density at radius 1 is 1.69 bits per heavy atom. The van der Waals surface area contributed by atoms with Gasteiger partial charge in [-0.05, 0) is 19.8 Å². The van der Waals surface area contributed by atoms with Gasteiger partial charge in [-0.3, -0.25) is 4.79 Å². The van der Waals surface area contributed by atoms with Crippen molar-refractivity contribution in [3.05, 3.63) is 0 Å². The summed E-state index contributed by atoms with van der Waals surface area (Å²) in [5, 5.41) is 16.2. The van der Waals surface area contributed by atoms with Crippen LogP contribution in [0, 0.1) is 11.3 Å². The molecule has 0 aromatic carbocycles. The molecule has 16 heavy (non-hydrogen) atoms. The summed E-state index contributed by atoms with van der Waals surface area (Å²) in [6.45, 7) is 1.62. The van der Waals surface area contributed by atoms with E-state index < -0.39 is 27.3 Å². The van der Waals surface area contributed by atoms with E-state index in [1.54, 1.807) is 6.07 Å². The maximum atomic E-state index is 11.9. The summed E-state index contributed by atoms with van der Waals surface area (Å²) >= 11 is 0. The smallest absolute Gasteiger partial charge is 0.304 e. The molecule has 0 saturated carbocycles. The number of rotatable bonds is 4. The quantitative estimate of drug-likeness (QED) is 0.762. The highest BCUT2D eigenvalue weighted by Gasteiger charge is 2.38. The van der Waals surface area contributed by atoms with Gasteiger partial charge >= 0.3 is 5.97 Å². The van der Waals surface area contributed by atoms with Crippen LogP contribution in [-0.4, -0.2) is 41.6 Å². The molecule has 1 N–H and O–H groups in total. The van der Waals surface area contributed by atoms with E-state index in [4.69, 9.17) is 10.4 Å². The van der Waals surface area contributed by atoms with Crippen LogP contribution in [0.25, 0.3) is 0 Å². The van der Waals surface area contributed by atoms with E-state index in [-0.39, 0.29) is 6.42 Å². The molecule has 0 aromatic heterocycles. The third-order valence-electron chi connectivity index (χ3n) is 2.69. The van der Waals surface area contributed by atoms with Crippen LogP contribution in [0.3, 0.4) is 0 Å². The first-order valence-corrected chi connectivity index (χ1v) is 6.52. The van der Waals surface area contributed by atoms with Crippen LogP contribution < -0.4 is 0 Å². The van der Waals surface area contributed by atoms with Crippen molar-refractivity contribution < 1.29 is 18.3 Å². The third kappa shape index (κ3) is 2.51. The zero-order valence-corrected chi connectivity index (χ0v) is 9.77. The molecule has 0 amide bonds. The van der Waals surface area contributed by atoms with E-state index in [0.29, 0.717) is 19.4 Å². The Kier molecular flexibility index (Phi) is 3.88. The average Bonchev–Trinajstić information content (AvgIpc) is 2.64. The summed E-state index contributed by atoms with van der Waals surface area (Å²) in [6.07, 6.45) is 0.996. The highest BCUT2D eigenvalue weighted by atomic mass is 32.2. The van der Waals surface area contributed by atoms with Gasteiger partial charge in [0.2, 0.25) is 10.0 Å². The van der Waals surface area contributed by atoms with Crippen LogP contribution in [0.2, 0.25) is 0 Å². The Balaban J connectivity index is 2.87. The van der Waals surface area contributed by atoms with Gasteiger partial charge in [0.15, 0.2) is 5.25 Å². The fourth-order valence-electron chi connectivity index (χ4n) is 1.82. The zero-order chi connectivity index (χ0) is 12.3. The lowest BCUT2D eigenvalue weighted by Crippen LogP contribution is -2.41. The van der Waals surface area contributed by atoms with E-state index in [2.05, 4.69) is 0 Å². The second-order valence-corrected chi connectivity index (χ2v) is 6.03. The average molecular weight is 246 g/mol. The van der Waals surface area contributed by atoms with Crippen molar-refractivity contribution in [1.82, 2.24) is 4.31 Å². The highest BCUT2D eigenvalue weighted by Crippen LogP contribution is 2.25. The van der Waals surface area contributed by atoms with Crippen LogP contribution >= 0.6 is 0 Å². The molecule has 1 rings (SSSR count). The monoisotopic (exact) mass is 246 g/mol. The first-order valence-electron chi connectivity index (χ1n) is 5.01. The van der Waals surface area contributed by atoms with Gasteiger partial charge in [0.25, 0.3) is 0 Å². The van der Waals surface area contributed by atoms with Crippen LogP contribution in [-0.2, 0) is 14.8 Å². The van der Waals surface area contributed by atoms with Gasteiger partial charge in [0, 0.05) is 12.6 Å². The van der Waals surface area contributed by atoms with Crippen molar-refractivity contribution in [2.75, 3.05) is 6.54 Å². The molecule has 0 radical (unpaired) electrons. The minimum Gasteiger partial charge on any atom is -0.481 e. The van der Waals surface area contributed by atoms with E-state index in [1.165, 1.54) is 6.92 Å². The number of hydrogen-bond acceptors (Lipinski definition) is 4. The van der Waals surface area contributed by atoms with E-state index in [1.807, 2.05) is 0 Å². The predicted octanol–water partition coefficient (Wildman–Crippen LogP) is 0.167. The topological polar surface area (TPSA) is 98.5 Å². The van der Waals surface area contributed by atoms with Gasteiger partial charge in [-0.2, -0.15) is 9.57 Å². The maximum Gasteiger partial charge on any atom is 0.304 e. The van der Waals surface area contributed by atoms with Crippen molar-refractivity contribution in [2.45, 2.75) is 37.5 Å². The first kappa shape index (κ1) is 12.9. The molecular weight excluding hydrogens is 232 g/mol. The molecule has 7 heteroatoms. The summed E-state index contributed by atoms with van der Waals surface area (Å²) in [5.41, 5.74) is 0. The molecule has 0 aromatic rings. The van der Waals surface area contributed by atoms with Crippen LogP contribution in [0.4, 0.5) is 0 Å². The van der Waals surface area contributed by atoms with E-state index >= 15 is 0 Å². The Labute approximate surface area is 94.5 Å². The molecule has 2 atom stereocenters. The zero-order valence-electron chi connectivity index (χ0n) is 8.96. The lowest BCUT2D eigenvalue weighted by atomic mass is 10.2. The molecule has 0 bridgehead atoms. The summed E-state index contributed by atoms with van der Waals surface area (Å²) < 4.78 is 24.9. The standard InChI is InChI=1S/C9H14N2O4S/c1-7(6-10)16(14,15)11-4-2-3-8(11)5-9(12)13/h7-8H,2-5H2,1H3,(H,12,13). The van der Waals surface area contributed by atoms with Crippen LogP contribution in [0.1, 0.15) is 26.2 Å². The Morgan fingerprint density at radius 2 is 2.31 bits per heavy atom. The molecule has 2 unspecified atom stereocenters. The SMILES string of the molecule is CC(C#N)S(=O)(=O)N1CCCC1CC(=O)O. The predicted molar refractivity (Wildman–Crippen MR) is 56.0 cm³/mol. The summed E-state index contributed by atoms with van der Waals surface area (Å²) in [5.74, 6) is -1.02. The fraction of sp³-hybridized carbons (Fsp3) is 0.778. The highest BCUT2D eigenvalue weighted by molar-refractivity contribution is 7.90. The minimum atomic E-state index is -3.67. The van der Waals surface area contributed by atoms with Crippen molar-refractivity contribution in [3.8, 4) is 6.07 Å². The van der Waals surface area contributed by atoms with E-state index in [9.17, 15) is 13.2 Å². The number of sulfonamides is 1. The maximum absolute atomic E-state index is 11.9. The Morgan fingerprint density at radius 3 is 2.81 bits per heavy atom. The van der Waals surface area contributed by atoms with Gasteiger partial charge in [-0.1, -0.05) is 0 Å².